The van der Waals surface area contributed by atoms with Gasteiger partial charge in [0, 0.05) is 18.5 Å². The first-order chi connectivity index (χ1) is 6.95. The number of piperidine rings is 1. The lowest BCUT2D eigenvalue weighted by molar-refractivity contribution is 0.412. The SMILES string of the molecule is C1=CCC2CNC3CCCC=C3C2=C1. The summed E-state index contributed by atoms with van der Waals surface area (Å²) in [6, 6.07) is 0.665. The first-order valence-corrected chi connectivity index (χ1v) is 5.75. The van der Waals surface area contributed by atoms with Gasteiger partial charge in [0.25, 0.3) is 0 Å². The third-order valence-corrected chi connectivity index (χ3v) is 3.65. The summed E-state index contributed by atoms with van der Waals surface area (Å²) in [6.07, 6.45) is 14.5. The van der Waals surface area contributed by atoms with Crippen LogP contribution in [0.5, 0.6) is 0 Å². The van der Waals surface area contributed by atoms with Gasteiger partial charge in [-0.15, -0.1) is 0 Å². The van der Waals surface area contributed by atoms with Gasteiger partial charge in [-0.2, -0.15) is 0 Å². The second kappa shape index (κ2) is 3.39. The maximum absolute atomic E-state index is 3.68. The van der Waals surface area contributed by atoms with Gasteiger partial charge >= 0.3 is 0 Å². The summed E-state index contributed by atoms with van der Waals surface area (Å²) in [5, 5.41) is 3.68. The fourth-order valence-electron chi connectivity index (χ4n) is 2.90. The van der Waals surface area contributed by atoms with Gasteiger partial charge in [0.05, 0.1) is 0 Å². The van der Waals surface area contributed by atoms with Crippen LogP contribution < -0.4 is 5.32 Å². The molecule has 1 aliphatic heterocycles. The van der Waals surface area contributed by atoms with Gasteiger partial charge in [-0.05, 0) is 36.8 Å². The van der Waals surface area contributed by atoms with Gasteiger partial charge in [-0.25, -0.2) is 0 Å². The van der Waals surface area contributed by atoms with Crippen LogP contribution in [0.25, 0.3) is 0 Å². The van der Waals surface area contributed by atoms with Crippen molar-refractivity contribution in [3.63, 3.8) is 0 Å². The Labute approximate surface area is 85.6 Å². The van der Waals surface area contributed by atoms with Crippen LogP contribution in [0.3, 0.4) is 0 Å². The first-order valence-electron chi connectivity index (χ1n) is 5.75. The number of hydrogen-bond donors (Lipinski definition) is 1. The lowest BCUT2D eigenvalue weighted by Crippen LogP contribution is -2.43. The Kier molecular flexibility index (Phi) is 2.06. The molecule has 0 aromatic rings. The summed E-state index contributed by atoms with van der Waals surface area (Å²) in [4.78, 5) is 0. The van der Waals surface area contributed by atoms with Gasteiger partial charge < -0.3 is 5.32 Å². The van der Waals surface area contributed by atoms with Gasteiger partial charge in [0.1, 0.15) is 0 Å². The van der Waals surface area contributed by atoms with E-state index in [2.05, 4.69) is 29.6 Å². The topological polar surface area (TPSA) is 12.0 Å². The van der Waals surface area contributed by atoms with Crippen LogP contribution >= 0.6 is 0 Å². The summed E-state index contributed by atoms with van der Waals surface area (Å²) >= 11 is 0. The number of rotatable bonds is 0. The van der Waals surface area contributed by atoms with E-state index < -0.39 is 0 Å². The molecule has 1 nitrogen and oxygen atoms in total. The van der Waals surface area contributed by atoms with Gasteiger partial charge in [0.2, 0.25) is 0 Å². The van der Waals surface area contributed by atoms with Crippen molar-refractivity contribution in [1.82, 2.24) is 5.32 Å². The van der Waals surface area contributed by atoms with E-state index in [4.69, 9.17) is 0 Å². The number of fused-ring (bicyclic) bond motifs is 3. The third-order valence-electron chi connectivity index (χ3n) is 3.65. The van der Waals surface area contributed by atoms with Crippen molar-refractivity contribution in [2.75, 3.05) is 6.54 Å². The van der Waals surface area contributed by atoms with Crippen molar-refractivity contribution in [3.05, 3.63) is 35.5 Å². The Balaban J connectivity index is 1.97. The Bertz CT molecular complexity index is 322. The zero-order valence-corrected chi connectivity index (χ0v) is 8.50. The Morgan fingerprint density at radius 3 is 3.29 bits per heavy atom. The van der Waals surface area contributed by atoms with Crippen LogP contribution in [-0.2, 0) is 0 Å². The predicted molar refractivity (Wildman–Crippen MR) is 59.1 cm³/mol. The number of nitrogens with one attached hydrogen (secondary N) is 1. The molecule has 3 rings (SSSR count). The van der Waals surface area contributed by atoms with E-state index in [9.17, 15) is 0 Å². The van der Waals surface area contributed by atoms with Crippen molar-refractivity contribution in [3.8, 4) is 0 Å². The molecule has 0 saturated carbocycles. The minimum Gasteiger partial charge on any atom is -0.309 e. The van der Waals surface area contributed by atoms with Crippen molar-refractivity contribution >= 4 is 0 Å². The molecule has 0 bridgehead atoms. The van der Waals surface area contributed by atoms with E-state index in [0.717, 1.165) is 5.92 Å². The fraction of sp³-hybridized carbons (Fsp3) is 0.538. The average Bonchev–Trinajstić information content (AvgIpc) is 2.29. The van der Waals surface area contributed by atoms with E-state index in [-0.39, 0.29) is 0 Å². The Morgan fingerprint density at radius 2 is 2.29 bits per heavy atom. The molecule has 0 amide bonds. The molecule has 0 aromatic carbocycles. The largest absolute Gasteiger partial charge is 0.309 e. The standard InChI is InChI=1S/C13H17N/c1-2-6-11-10(5-1)9-14-13-8-4-3-7-12(11)13/h1-2,6-7,10,13-14H,3-5,8-9H2. The minimum absolute atomic E-state index is 0.665. The lowest BCUT2D eigenvalue weighted by atomic mass is 9.76. The zero-order chi connectivity index (χ0) is 9.38. The normalized spacial score (nSPS) is 35.4. The van der Waals surface area contributed by atoms with E-state index in [1.54, 1.807) is 11.1 Å². The Morgan fingerprint density at radius 1 is 1.29 bits per heavy atom. The summed E-state index contributed by atoms with van der Waals surface area (Å²) < 4.78 is 0. The van der Waals surface area contributed by atoms with Crippen LogP contribution in [0.4, 0.5) is 0 Å². The molecule has 1 N–H and O–H groups in total. The molecule has 2 aliphatic carbocycles. The second-order valence-electron chi connectivity index (χ2n) is 4.53. The molecule has 1 heteroatoms. The maximum atomic E-state index is 3.68. The highest BCUT2D eigenvalue weighted by atomic mass is 14.9. The Hall–Kier alpha value is -0.820. The molecule has 2 unspecified atom stereocenters. The first kappa shape index (κ1) is 8.49. The smallest absolute Gasteiger partial charge is 0.0320 e. The molecule has 1 fully saturated rings. The third kappa shape index (κ3) is 1.27. The highest BCUT2D eigenvalue weighted by Gasteiger charge is 2.30. The summed E-state index contributed by atoms with van der Waals surface area (Å²) in [6.45, 7) is 1.18. The molecule has 0 radical (unpaired) electrons. The predicted octanol–water partition coefficient (Wildman–Crippen LogP) is 2.57. The van der Waals surface area contributed by atoms with Gasteiger partial charge in [-0.3, -0.25) is 0 Å². The number of hydrogen-bond acceptors (Lipinski definition) is 1. The van der Waals surface area contributed by atoms with Gasteiger partial charge in [-0.1, -0.05) is 24.3 Å². The molecule has 2 atom stereocenters. The summed E-state index contributed by atoms with van der Waals surface area (Å²) in [5.74, 6) is 0.751. The molecular formula is C13H17N. The molecule has 0 aromatic heterocycles. The average molecular weight is 187 g/mol. The molecule has 1 saturated heterocycles. The highest BCUT2D eigenvalue weighted by Crippen LogP contribution is 2.35. The molecular weight excluding hydrogens is 170 g/mol. The van der Waals surface area contributed by atoms with E-state index in [0.29, 0.717) is 6.04 Å². The lowest BCUT2D eigenvalue weighted by Gasteiger charge is -2.38. The van der Waals surface area contributed by atoms with Crippen LogP contribution in [-0.4, -0.2) is 12.6 Å². The van der Waals surface area contributed by atoms with Crippen LogP contribution in [0, 0.1) is 5.92 Å². The van der Waals surface area contributed by atoms with Gasteiger partial charge in [0.15, 0.2) is 0 Å². The van der Waals surface area contributed by atoms with Crippen molar-refractivity contribution in [1.29, 1.82) is 0 Å². The number of allylic oxidation sites excluding steroid dienone is 4. The zero-order valence-electron chi connectivity index (χ0n) is 8.50. The minimum atomic E-state index is 0.665. The van der Waals surface area contributed by atoms with Crippen molar-refractivity contribution in [2.45, 2.75) is 31.7 Å². The molecule has 1 heterocycles. The summed E-state index contributed by atoms with van der Waals surface area (Å²) in [5.41, 5.74) is 3.23. The molecule has 74 valence electrons. The molecule has 3 aliphatic rings. The summed E-state index contributed by atoms with van der Waals surface area (Å²) in [7, 11) is 0. The van der Waals surface area contributed by atoms with Crippen molar-refractivity contribution in [2.24, 2.45) is 5.92 Å². The molecule has 0 spiro atoms. The molecule has 14 heavy (non-hydrogen) atoms. The fourth-order valence-corrected chi connectivity index (χ4v) is 2.90. The highest BCUT2D eigenvalue weighted by molar-refractivity contribution is 5.44. The second-order valence-corrected chi connectivity index (χ2v) is 4.53. The maximum Gasteiger partial charge on any atom is 0.0320 e. The quantitative estimate of drug-likeness (QED) is 0.614. The van der Waals surface area contributed by atoms with E-state index >= 15 is 0 Å². The monoisotopic (exact) mass is 187 g/mol. The van der Waals surface area contributed by atoms with Crippen LogP contribution in [0.1, 0.15) is 25.7 Å². The van der Waals surface area contributed by atoms with E-state index in [1.807, 2.05) is 0 Å². The van der Waals surface area contributed by atoms with E-state index in [1.165, 1.54) is 32.2 Å². The van der Waals surface area contributed by atoms with Crippen molar-refractivity contribution < 1.29 is 0 Å². The van der Waals surface area contributed by atoms with Crippen LogP contribution in [0.15, 0.2) is 35.5 Å². The van der Waals surface area contributed by atoms with Crippen LogP contribution in [0.2, 0.25) is 0 Å².